The maximum absolute atomic E-state index is 11.6. The van der Waals surface area contributed by atoms with Gasteiger partial charge in [-0.05, 0) is 37.5 Å². The largest absolute Gasteiger partial charge is 0.465 e. The zero-order valence-electron chi connectivity index (χ0n) is 13.0. The number of carbonyl (C=O) groups excluding carboxylic acids is 2. The van der Waals surface area contributed by atoms with Crippen molar-refractivity contribution in [2.45, 2.75) is 70.6 Å². The minimum Gasteiger partial charge on any atom is -0.465 e. The Labute approximate surface area is 127 Å². The summed E-state index contributed by atoms with van der Waals surface area (Å²) in [6, 6.07) is 0. The highest BCUT2D eigenvalue weighted by Crippen LogP contribution is 2.24. The minimum atomic E-state index is -0.436. The third-order valence-corrected chi connectivity index (χ3v) is 4.70. The van der Waals surface area contributed by atoms with Crippen molar-refractivity contribution in [3.05, 3.63) is 0 Å². The molecule has 2 aliphatic rings. The molecule has 0 spiro atoms. The Hall–Kier alpha value is -1.06. The van der Waals surface area contributed by atoms with Crippen LogP contribution in [0.2, 0.25) is 0 Å². The molecule has 0 aromatic carbocycles. The molecule has 2 aliphatic carbocycles. The van der Waals surface area contributed by atoms with Gasteiger partial charge < -0.3 is 9.47 Å². The standard InChI is InChI=1S/C17H28O4/c18-16(20-12-14-7-3-1-4-8-14)11-17(19)21-13-15-9-5-2-6-10-15/h14-15H,1-13H2. The van der Waals surface area contributed by atoms with Crippen LogP contribution in [0.1, 0.15) is 70.6 Å². The lowest BCUT2D eigenvalue weighted by atomic mass is 9.90. The molecule has 4 heteroatoms. The second-order valence-corrected chi connectivity index (χ2v) is 6.55. The lowest BCUT2D eigenvalue weighted by molar-refractivity contribution is -0.156. The van der Waals surface area contributed by atoms with Crippen LogP contribution in [-0.2, 0) is 19.1 Å². The normalized spacial score (nSPS) is 21.0. The van der Waals surface area contributed by atoms with E-state index in [4.69, 9.17) is 9.47 Å². The molecular weight excluding hydrogens is 268 g/mol. The Morgan fingerprint density at radius 3 is 1.43 bits per heavy atom. The van der Waals surface area contributed by atoms with Crippen LogP contribution in [0.5, 0.6) is 0 Å². The molecule has 0 heterocycles. The molecule has 0 atom stereocenters. The van der Waals surface area contributed by atoms with E-state index in [-0.39, 0.29) is 6.42 Å². The van der Waals surface area contributed by atoms with Crippen LogP contribution in [0.15, 0.2) is 0 Å². The quantitative estimate of drug-likeness (QED) is 0.555. The predicted molar refractivity (Wildman–Crippen MR) is 79.7 cm³/mol. The van der Waals surface area contributed by atoms with Crippen LogP contribution < -0.4 is 0 Å². The molecular formula is C17H28O4. The van der Waals surface area contributed by atoms with Gasteiger partial charge in [0.1, 0.15) is 6.42 Å². The van der Waals surface area contributed by atoms with Gasteiger partial charge in [-0.2, -0.15) is 0 Å². The van der Waals surface area contributed by atoms with Crippen molar-refractivity contribution in [3.8, 4) is 0 Å². The lowest BCUT2D eigenvalue weighted by Gasteiger charge is -2.21. The van der Waals surface area contributed by atoms with Gasteiger partial charge in [0.25, 0.3) is 0 Å². The lowest BCUT2D eigenvalue weighted by Crippen LogP contribution is -2.21. The van der Waals surface area contributed by atoms with Crippen LogP contribution in [0.3, 0.4) is 0 Å². The fraction of sp³-hybridized carbons (Fsp3) is 0.882. The third-order valence-electron chi connectivity index (χ3n) is 4.70. The predicted octanol–water partition coefficient (Wildman–Crippen LogP) is 3.62. The summed E-state index contributed by atoms with van der Waals surface area (Å²) in [5, 5.41) is 0. The summed E-state index contributed by atoms with van der Waals surface area (Å²) < 4.78 is 10.4. The molecule has 0 unspecified atom stereocenters. The molecule has 0 saturated heterocycles. The molecule has 120 valence electrons. The molecule has 0 amide bonds. The maximum Gasteiger partial charge on any atom is 0.317 e. The first-order valence-corrected chi connectivity index (χ1v) is 8.55. The average Bonchev–Trinajstić information content (AvgIpc) is 2.53. The molecule has 4 nitrogen and oxygen atoms in total. The van der Waals surface area contributed by atoms with Gasteiger partial charge in [-0.15, -0.1) is 0 Å². The molecule has 21 heavy (non-hydrogen) atoms. The molecule has 0 radical (unpaired) electrons. The van der Waals surface area contributed by atoms with E-state index >= 15 is 0 Å². The molecule has 2 rings (SSSR count). The monoisotopic (exact) mass is 296 g/mol. The molecule has 0 aromatic heterocycles. The SMILES string of the molecule is O=C(CC(=O)OCC1CCCCC1)OCC1CCCCC1. The van der Waals surface area contributed by atoms with Gasteiger partial charge in [-0.1, -0.05) is 38.5 Å². The summed E-state index contributed by atoms with van der Waals surface area (Å²) in [4.78, 5) is 23.2. The van der Waals surface area contributed by atoms with Crippen molar-refractivity contribution in [3.63, 3.8) is 0 Å². The average molecular weight is 296 g/mol. The van der Waals surface area contributed by atoms with Crippen LogP contribution in [0.4, 0.5) is 0 Å². The smallest absolute Gasteiger partial charge is 0.317 e. The van der Waals surface area contributed by atoms with Crippen molar-refractivity contribution in [2.75, 3.05) is 13.2 Å². The summed E-state index contributed by atoms with van der Waals surface area (Å²) in [7, 11) is 0. The van der Waals surface area contributed by atoms with Crippen LogP contribution in [-0.4, -0.2) is 25.2 Å². The molecule has 2 fully saturated rings. The first kappa shape index (κ1) is 16.3. The maximum atomic E-state index is 11.6. The van der Waals surface area contributed by atoms with Gasteiger partial charge >= 0.3 is 11.9 Å². The Balaban J connectivity index is 1.54. The van der Waals surface area contributed by atoms with E-state index in [1.807, 2.05) is 0 Å². The highest BCUT2D eigenvalue weighted by atomic mass is 16.6. The second kappa shape index (κ2) is 9.06. The van der Waals surface area contributed by atoms with E-state index < -0.39 is 11.9 Å². The number of carbonyl (C=O) groups is 2. The van der Waals surface area contributed by atoms with Gasteiger partial charge in [-0.25, -0.2) is 0 Å². The number of hydrogen-bond acceptors (Lipinski definition) is 4. The third kappa shape index (κ3) is 6.49. The molecule has 0 aromatic rings. The Morgan fingerprint density at radius 2 is 1.05 bits per heavy atom. The Morgan fingerprint density at radius 1 is 0.667 bits per heavy atom. The number of esters is 2. The van der Waals surface area contributed by atoms with E-state index in [0.717, 1.165) is 25.7 Å². The summed E-state index contributed by atoms with van der Waals surface area (Å²) >= 11 is 0. The molecule has 0 bridgehead atoms. The molecule has 0 N–H and O–H groups in total. The zero-order valence-corrected chi connectivity index (χ0v) is 13.0. The fourth-order valence-corrected chi connectivity index (χ4v) is 3.35. The van der Waals surface area contributed by atoms with E-state index in [1.165, 1.54) is 38.5 Å². The first-order valence-electron chi connectivity index (χ1n) is 8.55. The second-order valence-electron chi connectivity index (χ2n) is 6.55. The summed E-state index contributed by atoms with van der Waals surface area (Å²) in [6.45, 7) is 0.934. The van der Waals surface area contributed by atoms with Gasteiger partial charge in [0.15, 0.2) is 0 Å². The van der Waals surface area contributed by atoms with Gasteiger partial charge in [-0.3, -0.25) is 9.59 Å². The van der Waals surface area contributed by atoms with Crippen molar-refractivity contribution < 1.29 is 19.1 Å². The fourth-order valence-electron chi connectivity index (χ4n) is 3.35. The van der Waals surface area contributed by atoms with Crippen molar-refractivity contribution in [2.24, 2.45) is 11.8 Å². The van der Waals surface area contributed by atoms with Crippen LogP contribution in [0, 0.1) is 11.8 Å². The van der Waals surface area contributed by atoms with Crippen LogP contribution in [0.25, 0.3) is 0 Å². The highest BCUT2D eigenvalue weighted by Gasteiger charge is 2.19. The van der Waals surface area contributed by atoms with Crippen molar-refractivity contribution in [1.29, 1.82) is 0 Å². The van der Waals surface area contributed by atoms with E-state index in [0.29, 0.717) is 25.0 Å². The van der Waals surface area contributed by atoms with E-state index in [1.54, 1.807) is 0 Å². The van der Waals surface area contributed by atoms with Crippen molar-refractivity contribution >= 4 is 11.9 Å². The van der Waals surface area contributed by atoms with Gasteiger partial charge in [0, 0.05) is 0 Å². The van der Waals surface area contributed by atoms with Crippen LogP contribution >= 0.6 is 0 Å². The van der Waals surface area contributed by atoms with E-state index in [9.17, 15) is 9.59 Å². The molecule has 2 saturated carbocycles. The summed E-state index contributed by atoms with van der Waals surface area (Å²) in [5.74, 6) is 0.102. The van der Waals surface area contributed by atoms with E-state index in [2.05, 4.69) is 0 Å². The van der Waals surface area contributed by atoms with Gasteiger partial charge in [0.05, 0.1) is 13.2 Å². The number of ether oxygens (including phenoxy) is 2. The Bertz CT molecular complexity index is 296. The minimum absolute atomic E-state index is 0.237. The van der Waals surface area contributed by atoms with Crippen molar-refractivity contribution in [1.82, 2.24) is 0 Å². The summed E-state index contributed by atoms with van der Waals surface area (Å²) in [5.41, 5.74) is 0. The Kier molecular flexibility index (Phi) is 7.04. The summed E-state index contributed by atoms with van der Waals surface area (Å²) in [6.07, 6.45) is 11.8. The first-order chi connectivity index (χ1) is 10.2. The molecule has 0 aliphatic heterocycles. The zero-order chi connectivity index (χ0) is 14.9. The van der Waals surface area contributed by atoms with Gasteiger partial charge in [0.2, 0.25) is 0 Å². The topological polar surface area (TPSA) is 52.6 Å². The number of hydrogen-bond donors (Lipinski definition) is 0. The number of rotatable bonds is 6. The highest BCUT2D eigenvalue weighted by molar-refractivity contribution is 5.91.